The van der Waals surface area contributed by atoms with Crippen molar-refractivity contribution in [2.45, 2.75) is 44.4 Å². The number of nitrogens with zero attached hydrogens (tertiary/aromatic N) is 2. The first kappa shape index (κ1) is 43.7. The lowest BCUT2D eigenvalue weighted by Crippen LogP contribution is -2.17. The Hall–Kier alpha value is -8.53. The zero-order valence-electron chi connectivity index (χ0n) is 40.0. The summed E-state index contributed by atoms with van der Waals surface area (Å²) in [6.45, 7) is 2.40. The summed E-state index contributed by atoms with van der Waals surface area (Å²) in [5.74, 6) is 0.746. The predicted molar refractivity (Wildman–Crippen MR) is 298 cm³/mol. The number of benzene rings is 8. The largest absolute Gasteiger partial charge is 0.398 e. The maximum Gasteiger partial charge on any atom is 0.0715 e. The Balaban J connectivity index is 0.915. The molecule has 8 aromatic carbocycles. The third-order valence-electron chi connectivity index (χ3n) is 14.8. The average molecular weight is 914 g/mol. The van der Waals surface area contributed by atoms with Gasteiger partial charge in [0.05, 0.1) is 16.9 Å². The van der Waals surface area contributed by atoms with Crippen molar-refractivity contribution in [3.8, 4) is 50.5 Å². The highest BCUT2D eigenvalue weighted by molar-refractivity contribution is 5.91. The van der Waals surface area contributed by atoms with E-state index in [1.807, 2.05) is 0 Å². The lowest BCUT2D eigenvalue weighted by atomic mass is 9.70. The molecule has 12 rings (SSSR count). The van der Waals surface area contributed by atoms with Crippen molar-refractivity contribution >= 4 is 28.2 Å². The van der Waals surface area contributed by atoms with E-state index in [0.717, 1.165) is 81.7 Å². The second kappa shape index (κ2) is 19.1. The van der Waals surface area contributed by atoms with Crippen LogP contribution in [0.1, 0.15) is 69.8 Å². The molecule has 2 atom stereocenters. The van der Waals surface area contributed by atoms with Crippen molar-refractivity contribution < 1.29 is 0 Å². The Morgan fingerprint density at radius 3 is 2.07 bits per heavy atom. The zero-order chi connectivity index (χ0) is 47.7. The minimum atomic E-state index is 0.358. The summed E-state index contributed by atoms with van der Waals surface area (Å²) in [5.41, 5.74) is 30.5. The number of rotatable bonds is 11. The highest BCUT2D eigenvalue weighted by atomic mass is 15.0. The quantitative estimate of drug-likeness (QED) is 0.131. The normalized spacial score (nSPS) is 15.3. The number of allylic oxidation sites excluding steroid dienone is 4. The van der Waals surface area contributed by atoms with Gasteiger partial charge in [-0.25, -0.2) is 4.98 Å². The molecule has 2 N–H and O–H groups in total. The second-order valence-corrected chi connectivity index (χ2v) is 19.2. The molecular weight excluding hydrogens is 859 g/mol. The van der Waals surface area contributed by atoms with Crippen molar-refractivity contribution in [3.05, 3.63) is 281 Å². The van der Waals surface area contributed by atoms with Crippen LogP contribution < -0.4 is 5.73 Å². The fourth-order valence-corrected chi connectivity index (χ4v) is 11.2. The Kier molecular flexibility index (Phi) is 11.8. The first-order valence-electron chi connectivity index (χ1n) is 25.1. The van der Waals surface area contributed by atoms with E-state index >= 15 is 0 Å². The number of fused-ring (bicyclic) bond motifs is 6. The van der Waals surface area contributed by atoms with E-state index in [9.17, 15) is 0 Å². The van der Waals surface area contributed by atoms with E-state index in [0.29, 0.717) is 17.5 Å². The van der Waals surface area contributed by atoms with E-state index in [4.69, 9.17) is 10.7 Å². The topological polar surface area (TPSA) is 43.8 Å². The highest BCUT2D eigenvalue weighted by Crippen LogP contribution is 2.48. The monoisotopic (exact) mass is 913 g/mol. The summed E-state index contributed by atoms with van der Waals surface area (Å²) in [6.07, 6.45) is 12.9. The van der Waals surface area contributed by atoms with E-state index in [-0.39, 0.29) is 0 Å². The van der Waals surface area contributed by atoms with Crippen LogP contribution in [0.2, 0.25) is 0 Å². The van der Waals surface area contributed by atoms with Crippen molar-refractivity contribution in [2.24, 2.45) is 5.73 Å². The van der Waals surface area contributed by atoms with Gasteiger partial charge < -0.3 is 10.3 Å². The Bertz CT molecular complexity index is 3680. The maximum atomic E-state index is 7.20. The van der Waals surface area contributed by atoms with Gasteiger partial charge in [0.15, 0.2) is 0 Å². The van der Waals surface area contributed by atoms with Crippen molar-refractivity contribution in [3.63, 3.8) is 0 Å². The van der Waals surface area contributed by atoms with Crippen molar-refractivity contribution in [2.75, 3.05) is 0 Å². The van der Waals surface area contributed by atoms with Gasteiger partial charge in [-0.2, -0.15) is 0 Å². The zero-order valence-corrected chi connectivity index (χ0v) is 40.0. The molecule has 0 spiro atoms. The maximum absolute atomic E-state index is 7.20. The Labute approximate surface area is 417 Å². The van der Waals surface area contributed by atoms with Crippen LogP contribution in [0.5, 0.6) is 0 Å². The number of nitrogens with two attached hydrogens (primary N) is 1. The van der Waals surface area contributed by atoms with Gasteiger partial charge in [0.25, 0.3) is 0 Å². The molecular formula is C68H55N3. The Morgan fingerprint density at radius 1 is 0.577 bits per heavy atom. The van der Waals surface area contributed by atoms with Crippen molar-refractivity contribution in [1.82, 2.24) is 9.55 Å². The summed E-state index contributed by atoms with van der Waals surface area (Å²) < 4.78 is 2.39. The minimum absolute atomic E-state index is 0.358. The molecule has 0 saturated heterocycles. The van der Waals surface area contributed by atoms with E-state index < -0.39 is 0 Å². The highest BCUT2D eigenvalue weighted by Gasteiger charge is 2.31. The number of aromatic nitrogens is 2. The van der Waals surface area contributed by atoms with Gasteiger partial charge in [-0.05, 0) is 159 Å². The van der Waals surface area contributed by atoms with E-state index in [2.05, 4.69) is 254 Å². The molecule has 0 radical (unpaired) electrons. The van der Waals surface area contributed by atoms with Gasteiger partial charge >= 0.3 is 0 Å². The molecule has 0 aliphatic heterocycles. The van der Waals surface area contributed by atoms with E-state index in [1.54, 1.807) is 0 Å². The molecule has 2 heterocycles. The minimum Gasteiger partial charge on any atom is -0.398 e. The smallest absolute Gasteiger partial charge is 0.0715 e. The molecule has 71 heavy (non-hydrogen) atoms. The molecule has 342 valence electrons. The van der Waals surface area contributed by atoms with Crippen LogP contribution in [0.3, 0.4) is 0 Å². The van der Waals surface area contributed by atoms with E-state index in [1.165, 1.54) is 55.5 Å². The molecule has 3 heteroatoms. The number of hydrogen-bond acceptors (Lipinski definition) is 2. The first-order valence-corrected chi connectivity index (χ1v) is 25.1. The van der Waals surface area contributed by atoms with Gasteiger partial charge in [0.1, 0.15) is 0 Å². The number of aryl methyl sites for hydroxylation is 1. The number of hydrogen-bond donors (Lipinski definition) is 1. The lowest BCUT2D eigenvalue weighted by Gasteiger charge is -2.34. The van der Waals surface area contributed by atoms with Crippen molar-refractivity contribution in [1.29, 1.82) is 0 Å². The van der Waals surface area contributed by atoms with Crippen LogP contribution in [0, 0.1) is 0 Å². The van der Waals surface area contributed by atoms with Gasteiger partial charge in [-0.15, -0.1) is 0 Å². The average Bonchev–Trinajstić information content (AvgIpc) is 3.78. The predicted octanol–water partition coefficient (Wildman–Crippen LogP) is 16.7. The summed E-state index contributed by atoms with van der Waals surface area (Å²) in [4.78, 5) is 5.38. The van der Waals surface area contributed by atoms with Crippen LogP contribution in [-0.2, 0) is 19.3 Å². The van der Waals surface area contributed by atoms with Gasteiger partial charge in [0, 0.05) is 33.6 Å². The molecule has 2 aromatic heterocycles. The lowest BCUT2D eigenvalue weighted by molar-refractivity contribution is 0.566. The summed E-state index contributed by atoms with van der Waals surface area (Å²) in [5, 5.41) is 1.32. The van der Waals surface area contributed by atoms with Gasteiger partial charge in [-0.3, -0.25) is 0 Å². The fourth-order valence-electron chi connectivity index (χ4n) is 11.2. The molecule has 3 nitrogen and oxygen atoms in total. The molecule has 0 fully saturated rings. The van der Waals surface area contributed by atoms with Gasteiger partial charge in [0.2, 0.25) is 0 Å². The molecule has 0 amide bonds. The second-order valence-electron chi connectivity index (χ2n) is 19.2. The van der Waals surface area contributed by atoms with Gasteiger partial charge in [-0.1, -0.05) is 195 Å². The number of pyridine rings is 1. The molecule has 0 saturated carbocycles. The summed E-state index contributed by atoms with van der Waals surface area (Å²) >= 11 is 0. The van der Waals surface area contributed by atoms with Crippen LogP contribution in [0.15, 0.2) is 237 Å². The van der Waals surface area contributed by atoms with Crippen LogP contribution in [-0.4, -0.2) is 9.55 Å². The Morgan fingerprint density at radius 2 is 1.23 bits per heavy atom. The van der Waals surface area contributed by atoms with Crippen LogP contribution in [0.25, 0.3) is 78.7 Å². The molecule has 2 unspecified atom stereocenters. The van der Waals surface area contributed by atoms with Crippen LogP contribution in [0.4, 0.5) is 0 Å². The van der Waals surface area contributed by atoms with Crippen LogP contribution >= 0.6 is 0 Å². The summed E-state index contributed by atoms with van der Waals surface area (Å²) in [6, 6.07) is 79.1. The third-order valence-corrected chi connectivity index (χ3v) is 14.8. The first-order chi connectivity index (χ1) is 35.0. The SMILES string of the molecule is CC1c2ccccc2-c2ccccc2C1Cc1cccc(-c2cc(-c3cccc(C(/C=C(\N)c4cccc(-n5c6c(c7ccccc75)CCC=C6)c4)=C/Cc4ccccc4)c3)cc(-c3ccccc3)n2)c1. The third kappa shape index (κ3) is 8.66. The molecule has 2 aliphatic carbocycles. The fraction of sp³-hybridized carbons (Fsp3) is 0.103. The molecule has 0 bridgehead atoms. The summed E-state index contributed by atoms with van der Waals surface area (Å²) in [7, 11) is 0. The molecule has 10 aromatic rings. The molecule has 2 aliphatic rings. The standard InChI is InChI=1S/C68H55N3/c1-46-57-29-8-9-30-58(57)59-31-10-11-32-60(59)63(46)40-48-21-16-27-54(39-48)66-45-55(44-65(70-66)49-22-6-3-7-23-49)51-25-17-24-50(41-51)52(38-37-47-19-4-2-5-20-47)43-64(69)53-26-18-28-56(42-53)71-67-35-14-12-33-61(67)62-34-13-15-36-68(62)71/h2-12,14-33,35-36,38-39,41-46,63H,13,34,37,40,69H2,1H3/b52-38+,64-43-. The number of para-hydroxylation sites is 1.